The molecule has 0 bridgehead atoms. The average Bonchev–Trinajstić information content (AvgIpc) is 2.74. The molecule has 7 nitrogen and oxygen atoms in total. The number of hydrogen-bond acceptors (Lipinski definition) is 4. The first-order chi connectivity index (χ1) is 10.8. The van der Waals surface area contributed by atoms with E-state index in [4.69, 9.17) is 0 Å². The van der Waals surface area contributed by atoms with Crippen LogP contribution in [-0.2, 0) is 9.84 Å². The third kappa shape index (κ3) is 3.47. The van der Waals surface area contributed by atoms with E-state index in [1.54, 1.807) is 24.0 Å². The number of imidazole rings is 1. The Morgan fingerprint density at radius 3 is 3.00 bits per heavy atom. The van der Waals surface area contributed by atoms with Crippen molar-refractivity contribution in [3.63, 3.8) is 0 Å². The molecule has 2 aromatic heterocycles. The molecule has 1 fully saturated rings. The third-order valence-electron chi connectivity index (χ3n) is 3.97. The van der Waals surface area contributed by atoms with E-state index in [0.29, 0.717) is 18.7 Å². The Morgan fingerprint density at radius 2 is 2.22 bits per heavy atom. The minimum absolute atomic E-state index is 0.0128. The lowest BCUT2D eigenvalue weighted by Gasteiger charge is -2.26. The van der Waals surface area contributed by atoms with Gasteiger partial charge in [0.05, 0.1) is 17.2 Å². The maximum absolute atomic E-state index is 12.5. The summed E-state index contributed by atoms with van der Waals surface area (Å²) in [6.07, 6.45) is 4.21. The van der Waals surface area contributed by atoms with Crippen molar-refractivity contribution in [2.24, 2.45) is 0 Å². The smallest absolute Gasteiger partial charge is 0.321 e. The van der Waals surface area contributed by atoms with Gasteiger partial charge in [-0.1, -0.05) is 0 Å². The number of hydrogen-bond donors (Lipinski definition) is 1. The fraction of sp³-hybridized carbons (Fsp3) is 0.467. The molecule has 0 saturated carbocycles. The van der Waals surface area contributed by atoms with Gasteiger partial charge in [0.2, 0.25) is 0 Å². The zero-order valence-corrected chi connectivity index (χ0v) is 14.0. The summed E-state index contributed by atoms with van der Waals surface area (Å²) in [6, 6.07) is 2.98. The topological polar surface area (TPSA) is 83.8 Å². The van der Waals surface area contributed by atoms with E-state index in [1.807, 2.05) is 23.7 Å². The van der Waals surface area contributed by atoms with Gasteiger partial charge in [0.25, 0.3) is 0 Å². The van der Waals surface area contributed by atoms with E-state index in [-0.39, 0.29) is 23.6 Å². The van der Waals surface area contributed by atoms with Crippen LogP contribution in [0.5, 0.6) is 0 Å². The molecule has 3 heterocycles. The highest BCUT2D eigenvalue weighted by molar-refractivity contribution is 7.91. The first-order valence-electron chi connectivity index (χ1n) is 7.57. The van der Waals surface area contributed by atoms with Crippen LogP contribution in [0.3, 0.4) is 0 Å². The molecule has 1 aliphatic rings. The maximum atomic E-state index is 12.5. The van der Waals surface area contributed by atoms with E-state index < -0.39 is 9.84 Å². The highest BCUT2D eigenvalue weighted by Crippen LogP contribution is 2.16. The molecule has 0 aliphatic carbocycles. The van der Waals surface area contributed by atoms with Crippen LogP contribution in [0.15, 0.2) is 24.5 Å². The van der Waals surface area contributed by atoms with Crippen molar-refractivity contribution < 1.29 is 13.2 Å². The number of nitrogens with zero attached hydrogens (tertiary/aromatic N) is 3. The Kier molecular flexibility index (Phi) is 4.01. The van der Waals surface area contributed by atoms with Gasteiger partial charge >= 0.3 is 6.03 Å². The molecule has 1 atom stereocenters. The standard InChI is InChI=1S/C15H20N4O3S/c1-11-9-18-6-4-13(8-14(18)16-11)17-15(20)19-5-3-7-23(21,22)10-12(19)2/h4,6,8-9,12H,3,5,7,10H2,1-2H3,(H,17,20). The number of amides is 2. The van der Waals surface area contributed by atoms with E-state index in [2.05, 4.69) is 10.3 Å². The number of carbonyl (C=O) groups is 1. The number of rotatable bonds is 1. The van der Waals surface area contributed by atoms with Crippen LogP contribution in [0.2, 0.25) is 0 Å². The number of aryl methyl sites for hydroxylation is 1. The van der Waals surface area contributed by atoms with Crippen molar-refractivity contribution in [2.75, 3.05) is 23.4 Å². The van der Waals surface area contributed by atoms with Gasteiger partial charge in [-0.3, -0.25) is 0 Å². The molecule has 3 rings (SSSR count). The third-order valence-corrected chi connectivity index (χ3v) is 5.88. The molecule has 2 amide bonds. The number of carbonyl (C=O) groups excluding carboxylic acids is 1. The van der Waals surface area contributed by atoms with Gasteiger partial charge in [0.1, 0.15) is 5.65 Å². The summed E-state index contributed by atoms with van der Waals surface area (Å²) in [7, 11) is -3.07. The van der Waals surface area contributed by atoms with Crippen LogP contribution in [0, 0.1) is 6.92 Å². The monoisotopic (exact) mass is 336 g/mol. The Morgan fingerprint density at radius 1 is 1.43 bits per heavy atom. The summed E-state index contributed by atoms with van der Waals surface area (Å²) in [4.78, 5) is 18.4. The second-order valence-corrected chi connectivity index (χ2v) is 8.23. The Hall–Kier alpha value is -2.09. The average molecular weight is 336 g/mol. The van der Waals surface area contributed by atoms with Crippen molar-refractivity contribution in [1.29, 1.82) is 0 Å². The van der Waals surface area contributed by atoms with Crippen molar-refractivity contribution in [2.45, 2.75) is 26.3 Å². The molecular formula is C15H20N4O3S. The number of fused-ring (bicyclic) bond motifs is 1. The minimum Gasteiger partial charge on any atom is -0.321 e. The molecule has 1 unspecified atom stereocenters. The first-order valence-corrected chi connectivity index (χ1v) is 9.40. The van der Waals surface area contributed by atoms with Gasteiger partial charge in [-0.2, -0.15) is 0 Å². The van der Waals surface area contributed by atoms with Crippen molar-refractivity contribution in [1.82, 2.24) is 14.3 Å². The number of anilines is 1. The predicted octanol–water partition coefficient (Wildman–Crippen LogP) is 1.68. The molecule has 2 aromatic rings. The zero-order valence-electron chi connectivity index (χ0n) is 13.2. The number of urea groups is 1. The second-order valence-electron chi connectivity index (χ2n) is 6.00. The lowest BCUT2D eigenvalue weighted by molar-refractivity contribution is 0.199. The molecule has 124 valence electrons. The molecule has 8 heteroatoms. The van der Waals surface area contributed by atoms with E-state index in [1.165, 1.54) is 0 Å². The molecular weight excluding hydrogens is 316 g/mol. The van der Waals surface area contributed by atoms with E-state index in [0.717, 1.165) is 11.3 Å². The highest BCUT2D eigenvalue weighted by atomic mass is 32.2. The summed E-state index contributed by atoms with van der Waals surface area (Å²) in [5, 5.41) is 2.84. The summed E-state index contributed by atoms with van der Waals surface area (Å²) in [6.45, 7) is 4.12. The first kappa shape index (κ1) is 15.8. The normalized spacial score (nSPS) is 21.1. The van der Waals surface area contributed by atoms with Gasteiger partial charge in [-0.25, -0.2) is 18.2 Å². The van der Waals surface area contributed by atoms with E-state index in [9.17, 15) is 13.2 Å². The quantitative estimate of drug-likeness (QED) is 0.859. The Bertz CT molecular complexity index is 844. The van der Waals surface area contributed by atoms with Gasteiger partial charge in [-0.05, 0) is 26.3 Å². The maximum Gasteiger partial charge on any atom is 0.322 e. The SMILES string of the molecule is Cc1cn2ccc(NC(=O)N3CCCS(=O)(=O)CC3C)cc2n1. The van der Waals surface area contributed by atoms with Crippen molar-refractivity contribution in [3.05, 3.63) is 30.2 Å². The number of aromatic nitrogens is 2. The highest BCUT2D eigenvalue weighted by Gasteiger charge is 2.28. The molecule has 23 heavy (non-hydrogen) atoms. The lowest BCUT2D eigenvalue weighted by atomic mass is 10.3. The molecule has 1 N–H and O–H groups in total. The van der Waals surface area contributed by atoms with Crippen LogP contribution in [0.1, 0.15) is 19.0 Å². The van der Waals surface area contributed by atoms with E-state index >= 15 is 0 Å². The fourth-order valence-corrected chi connectivity index (χ4v) is 4.55. The van der Waals surface area contributed by atoms with Crippen LogP contribution < -0.4 is 5.32 Å². The molecule has 0 aromatic carbocycles. The van der Waals surface area contributed by atoms with Crippen LogP contribution in [0.4, 0.5) is 10.5 Å². The molecule has 1 saturated heterocycles. The van der Waals surface area contributed by atoms with Crippen molar-refractivity contribution >= 4 is 27.2 Å². The number of sulfone groups is 1. The Balaban J connectivity index is 1.76. The van der Waals surface area contributed by atoms with Crippen LogP contribution in [0.25, 0.3) is 5.65 Å². The van der Waals surface area contributed by atoms with Crippen molar-refractivity contribution in [3.8, 4) is 0 Å². The Labute approximate surface area is 135 Å². The van der Waals surface area contributed by atoms with Crippen LogP contribution >= 0.6 is 0 Å². The molecule has 0 radical (unpaired) electrons. The van der Waals surface area contributed by atoms with Gasteiger partial charge in [0.15, 0.2) is 9.84 Å². The fourth-order valence-electron chi connectivity index (χ4n) is 2.90. The summed E-state index contributed by atoms with van der Waals surface area (Å²) >= 11 is 0. The number of nitrogens with one attached hydrogen (secondary N) is 1. The number of pyridine rings is 1. The summed E-state index contributed by atoms with van der Waals surface area (Å²) in [5.41, 5.74) is 2.30. The minimum atomic E-state index is -3.07. The molecule has 1 aliphatic heterocycles. The zero-order chi connectivity index (χ0) is 16.6. The lowest BCUT2D eigenvalue weighted by Crippen LogP contribution is -2.43. The second kappa shape index (κ2) is 5.84. The summed E-state index contributed by atoms with van der Waals surface area (Å²) in [5.74, 6) is 0.152. The largest absolute Gasteiger partial charge is 0.322 e. The molecule has 0 spiro atoms. The van der Waals surface area contributed by atoms with Gasteiger partial charge in [0, 0.05) is 36.7 Å². The summed E-state index contributed by atoms with van der Waals surface area (Å²) < 4.78 is 25.5. The van der Waals surface area contributed by atoms with Gasteiger partial charge < -0.3 is 14.6 Å². The predicted molar refractivity (Wildman–Crippen MR) is 88.4 cm³/mol. The van der Waals surface area contributed by atoms with Crippen LogP contribution in [-0.4, -0.2) is 52.8 Å². The van der Waals surface area contributed by atoms with Gasteiger partial charge in [-0.15, -0.1) is 0 Å².